The van der Waals surface area contributed by atoms with Crippen LogP contribution >= 0.6 is 0 Å². The van der Waals surface area contributed by atoms with Crippen molar-refractivity contribution in [3.8, 4) is 5.88 Å². The number of fused-ring (bicyclic) bond motifs is 1. The van der Waals surface area contributed by atoms with Gasteiger partial charge in [0, 0.05) is 42.3 Å². The highest BCUT2D eigenvalue weighted by Crippen LogP contribution is 2.31. The number of amides is 1. The van der Waals surface area contributed by atoms with Gasteiger partial charge in [-0.3, -0.25) is 4.79 Å². The fraction of sp³-hybridized carbons (Fsp3) is 0.263. The van der Waals surface area contributed by atoms with Crippen LogP contribution in [0, 0.1) is 0 Å². The average molecular weight is 375 g/mol. The topological polar surface area (TPSA) is 58.2 Å². The minimum absolute atomic E-state index is 0.0868. The average Bonchev–Trinajstić information content (AvgIpc) is 3.28. The molecule has 8 heteroatoms. The molecule has 27 heavy (non-hydrogen) atoms. The quantitative estimate of drug-likeness (QED) is 0.756. The van der Waals surface area contributed by atoms with E-state index in [0.29, 0.717) is 25.1 Å². The molecule has 1 amide bonds. The number of rotatable bonds is 3. The molecule has 1 aliphatic rings. The Bertz CT molecular complexity index is 983. The first-order chi connectivity index (χ1) is 12.9. The number of nitrogens with one attached hydrogen (secondary N) is 1. The van der Waals surface area contributed by atoms with E-state index in [1.165, 1.54) is 0 Å². The molecule has 0 saturated carbocycles. The maximum Gasteiger partial charge on any atom is 0.416 e. The summed E-state index contributed by atoms with van der Waals surface area (Å²) in [6.45, 7) is 0.776. The molecular formula is C19H16F3N3O2. The van der Waals surface area contributed by atoms with Crippen LogP contribution in [0.3, 0.4) is 0 Å². The number of aromatic amines is 1. The first-order valence-electron chi connectivity index (χ1n) is 8.47. The van der Waals surface area contributed by atoms with Gasteiger partial charge in [-0.05, 0) is 12.1 Å². The van der Waals surface area contributed by atoms with E-state index < -0.39 is 17.8 Å². The summed E-state index contributed by atoms with van der Waals surface area (Å²) in [7, 11) is 0. The molecule has 1 atom stereocenters. The Labute approximate surface area is 152 Å². The van der Waals surface area contributed by atoms with Crippen LogP contribution in [0.25, 0.3) is 10.9 Å². The van der Waals surface area contributed by atoms with Gasteiger partial charge in [-0.25, -0.2) is 4.98 Å². The van der Waals surface area contributed by atoms with Crippen LogP contribution < -0.4 is 4.74 Å². The fourth-order valence-electron chi connectivity index (χ4n) is 3.25. The molecule has 4 rings (SSSR count). The SMILES string of the molecule is O=C(c1c[nH]c2ccccc12)N1CCC(Oc2cc(C(F)(F)F)ccn2)C1. The number of alkyl halides is 3. The molecule has 1 fully saturated rings. The van der Waals surface area contributed by atoms with Crippen LogP contribution in [0.5, 0.6) is 5.88 Å². The number of halogens is 3. The second-order valence-electron chi connectivity index (χ2n) is 6.41. The van der Waals surface area contributed by atoms with Crippen molar-refractivity contribution in [2.45, 2.75) is 18.7 Å². The van der Waals surface area contributed by atoms with Crippen molar-refractivity contribution < 1.29 is 22.7 Å². The number of likely N-dealkylation sites (tertiary alicyclic amines) is 1. The third kappa shape index (κ3) is 3.47. The number of ether oxygens (including phenoxy) is 1. The normalized spacial score (nSPS) is 17.4. The van der Waals surface area contributed by atoms with E-state index >= 15 is 0 Å². The molecule has 3 aromatic rings. The maximum absolute atomic E-state index is 12.8. The third-order valence-electron chi connectivity index (χ3n) is 4.60. The van der Waals surface area contributed by atoms with E-state index in [9.17, 15) is 18.0 Å². The molecule has 3 heterocycles. The van der Waals surface area contributed by atoms with Crippen molar-refractivity contribution >= 4 is 16.8 Å². The molecule has 0 bridgehead atoms. The van der Waals surface area contributed by atoms with Gasteiger partial charge in [0.2, 0.25) is 5.88 Å². The van der Waals surface area contributed by atoms with Crippen LogP contribution in [-0.4, -0.2) is 40.0 Å². The molecule has 2 aromatic heterocycles. The minimum Gasteiger partial charge on any atom is -0.472 e. The lowest BCUT2D eigenvalue weighted by atomic mass is 10.1. The smallest absolute Gasteiger partial charge is 0.416 e. The predicted octanol–water partition coefficient (Wildman–Crippen LogP) is 3.88. The zero-order chi connectivity index (χ0) is 19.0. The summed E-state index contributed by atoms with van der Waals surface area (Å²) < 4.78 is 44.0. The second-order valence-corrected chi connectivity index (χ2v) is 6.41. The predicted molar refractivity (Wildman–Crippen MR) is 92.5 cm³/mol. The van der Waals surface area contributed by atoms with Gasteiger partial charge in [0.15, 0.2) is 0 Å². The van der Waals surface area contributed by atoms with Crippen LogP contribution in [0.4, 0.5) is 13.2 Å². The van der Waals surface area contributed by atoms with Gasteiger partial charge in [-0.1, -0.05) is 18.2 Å². The van der Waals surface area contributed by atoms with Gasteiger partial charge in [0.1, 0.15) is 6.10 Å². The standard InChI is InChI=1S/C19H16F3N3O2/c20-19(21,22)12-5-7-23-17(9-12)27-13-6-8-25(11-13)18(26)15-10-24-16-4-2-1-3-14(15)16/h1-5,7,9-10,13,24H,6,8,11H2. The summed E-state index contributed by atoms with van der Waals surface area (Å²) in [5.74, 6) is -0.216. The summed E-state index contributed by atoms with van der Waals surface area (Å²) in [6.07, 6.45) is -1.56. The van der Waals surface area contributed by atoms with E-state index in [1.807, 2.05) is 24.3 Å². The number of aromatic nitrogens is 2. The van der Waals surface area contributed by atoms with E-state index in [1.54, 1.807) is 11.1 Å². The van der Waals surface area contributed by atoms with Crippen molar-refractivity contribution in [2.75, 3.05) is 13.1 Å². The number of nitrogens with zero attached hydrogens (tertiary/aromatic N) is 2. The highest BCUT2D eigenvalue weighted by Gasteiger charge is 2.32. The summed E-state index contributed by atoms with van der Waals surface area (Å²) >= 11 is 0. The first-order valence-corrected chi connectivity index (χ1v) is 8.47. The highest BCUT2D eigenvalue weighted by atomic mass is 19.4. The third-order valence-corrected chi connectivity index (χ3v) is 4.60. The Morgan fingerprint density at radius 3 is 2.89 bits per heavy atom. The lowest BCUT2D eigenvalue weighted by Gasteiger charge is -2.17. The minimum atomic E-state index is -4.45. The van der Waals surface area contributed by atoms with Crippen LogP contribution in [0.1, 0.15) is 22.3 Å². The Kier molecular flexibility index (Phi) is 4.25. The largest absolute Gasteiger partial charge is 0.472 e. The Balaban J connectivity index is 1.45. The number of para-hydroxylation sites is 1. The Morgan fingerprint density at radius 2 is 2.07 bits per heavy atom. The molecule has 0 spiro atoms. The van der Waals surface area contributed by atoms with Gasteiger partial charge >= 0.3 is 6.18 Å². The van der Waals surface area contributed by atoms with Crippen molar-refractivity contribution in [3.05, 3.63) is 59.9 Å². The maximum atomic E-state index is 12.8. The number of hydrogen-bond acceptors (Lipinski definition) is 3. The summed E-state index contributed by atoms with van der Waals surface area (Å²) in [6, 6.07) is 9.28. The molecule has 5 nitrogen and oxygen atoms in total. The van der Waals surface area contributed by atoms with Crippen LogP contribution in [0.15, 0.2) is 48.8 Å². The number of pyridine rings is 1. The lowest BCUT2D eigenvalue weighted by Crippen LogP contribution is -2.30. The van der Waals surface area contributed by atoms with E-state index in [2.05, 4.69) is 9.97 Å². The number of carbonyl (C=O) groups excluding carboxylic acids is 1. The number of carbonyl (C=O) groups is 1. The molecule has 1 saturated heterocycles. The fourth-order valence-corrected chi connectivity index (χ4v) is 3.25. The van der Waals surface area contributed by atoms with Crippen molar-refractivity contribution in [1.82, 2.24) is 14.9 Å². The van der Waals surface area contributed by atoms with Crippen LogP contribution in [-0.2, 0) is 6.18 Å². The molecule has 1 N–H and O–H groups in total. The van der Waals surface area contributed by atoms with E-state index in [4.69, 9.17) is 4.74 Å². The van der Waals surface area contributed by atoms with Crippen molar-refractivity contribution in [1.29, 1.82) is 0 Å². The van der Waals surface area contributed by atoms with E-state index in [0.717, 1.165) is 29.2 Å². The molecule has 0 aliphatic carbocycles. The summed E-state index contributed by atoms with van der Waals surface area (Å²) in [5.41, 5.74) is 0.640. The zero-order valence-corrected chi connectivity index (χ0v) is 14.2. The van der Waals surface area contributed by atoms with Crippen LogP contribution in [0.2, 0.25) is 0 Å². The Hall–Kier alpha value is -3.03. The molecule has 1 unspecified atom stereocenters. The molecule has 1 aromatic carbocycles. The molecule has 1 aliphatic heterocycles. The lowest BCUT2D eigenvalue weighted by molar-refractivity contribution is -0.137. The van der Waals surface area contributed by atoms with Crippen molar-refractivity contribution in [3.63, 3.8) is 0 Å². The monoisotopic (exact) mass is 375 g/mol. The number of H-pyrrole nitrogens is 1. The molecular weight excluding hydrogens is 359 g/mol. The molecule has 140 valence electrons. The summed E-state index contributed by atoms with van der Waals surface area (Å²) in [4.78, 5) is 21.4. The second kappa shape index (κ2) is 6.61. The van der Waals surface area contributed by atoms with Gasteiger partial charge in [-0.2, -0.15) is 13.2 Å². The summed E-state index contributed by atoms with van der Waals surface area (Å²) in [5, 5.41) is 0.839. The molecule has 0 radical (unpaired) electrons. The number of hydrogen-bond donors (Lipinski definition) is 1. The van der Waals surface area contributed by atoms with Gasteiger partial charge in [0.25, 0.3) is 5.91 Å². The van der Waals surface area contributed by atoms with Gasteiger partial charge < -0.3 is 14.6 Å². The first kappa shape index (κ1) is 17.4. The Morgan fingerprint density at radius 1 is 1.26 bits per heavy atom. The highest BCUT2D eigenvalue weighted by molar-refractivity contribution is 6.06. The van der Waals surface area contributed by atoms with Crippen molar-refractivity contribution in [2.24, 2.45) is 0 Å². The van der Waals surface area contributed by atoms with E-state index in [-0.39, 0.29) is 11.8 Å². The number of benzene rings is 1. The van der Waals surface area contributed by atoms with Gasteiger partial charge in [0.05, 0.1) is 17.7 Å². The van der Waals surface area contributed by atoms with Gasteiger partial charge in [-0.15, -0.1) is 0 Å². The zero-order valence-electron chi connectivity index (χ0n) is 14.2.